The molecule has 9 heteroatoms. The number of nitrogens with one attached hydrogen (secondary N) is 1. The Morgan fingerprint density at radius 1 is 0.900 bits per heavy atom. The number of anilines is 1. The predicted octanol–water partition coefficient (Wildman–Crippen LogP) is 6.35. The number of hydrogen-bond acceptors (Lipinski definition) is 2. The second-order valence-electron chi connectivity index (χ2n) is 6.42. The van der Waals surface area contributed by atoms with Crippen LogP contribution in [-0.2, 0) is 12.4 Å². The van der Waals surface area contributed by atoms with Gasteiger partial charge in [-0.25, -0.2) is 0 Å². The van der Waals surface area contributed by atoms with Crippen LogP contribution in [0.5, 0.6) is 0 Å². The maximum absolute atomic E-state index is 13.3. The van der Waals surface area contributed by atoms with Crippen LogP contribution >= 0.6 is 0 Å². The quantitative estimate of drug-likeness (QED) is 0.498. The largest absolute Gasteiger partial charge is 0.417 e. The molecule has 1 aromatic heterocycles. The summed E-state index contributed by atoms with van der Waals surface area (Å²) in [5, 5.41) is 2.58. The highest BCUT2D eigenvalue weighted by Gasteiger charge is 2.37. The zero-order chi connectivity index (χ0) is 22.1. The van der Waals surface area contributed by atoms with Gasteiger partial charge in [0.25, 0.3) is 5.91 Å². The monoisotopic (exact) mass is 424 g/mol. The summed E-state index contributed by atoms with van der Waals surface area (Å²) < 4.78 is 78.8. The Kier molecular flexibility index (Phi) is 5.56. The van der Waals surface area contributed by atoms with Crippen LogP contribution in [0.4, 0.5) is 32.0 Å². The van der Waals surface area contributed by atoms with Gasteiger partial charge in [0, 0.05) is 17.6 Å². The average Bonchev–Trinajstić information content (AvgIpc) is 2.67. The molecular formula is C21H14F6N2O. The van der Waals surface area contributed by atoms with Gasteiger partial charge in [0.05, 0.1) is 16.7 Å². The number of benzene rings is 2. The van der Waals surface area contributed by atoms with Gasteiger partial charge in [0.2, 0.25) is 0 Å². The lowest BCUT2D eigenvalue weighted by atomic mass is 9.96. The van der Waals surface area contributed by atoms with Crippen molar-refractivity contribution in [1.82, 2.24) is 4.98 Å². The zero-order valence-electron chi connectivity index (χ0n) is 15.4. The summed E-state index contributed by atoms with van der Waals surface area (Å²) in [7, 11) is 0. The number of amides is 1. The van der Waals surface area contributed by atoms with Crippen molar-refractivity contribution in [2.75, 3.05) is 5.32 Å². The van der Waals surface area contributed by atoms with Gasteiger partial charge in [0.1, 0.15) is 0 Å². The van der Waals surface area contributed by atoms with E-state index in [9.17, 15) is 31.1 Å². The standard InChI is InChI=1S/C21H14F6N2O/c1-12-16(3-2-10-28-12)19(30)29-15-7-4-13(5-8-15)17-11-14(20(22,23)24)6-9-18(17)21(25,26)27/h2-11H,1H3,(H,29,30). The first-order valence-electron chi connectivity index (χ1n) is 8.58. The molecule has 0 bridgehead atoms. The number of pyridine rings is 1. The van der Waals surface area contributed by atoms with Crippen LogP contribution in [0.2, 0.25) is 0 Å². The number of carbonyl (C=O) groups is 1. The van der Waals surface area contributed by atoms with E-state index in [1.807, 2.05) is 0 Å². The van der Waals surface area contributed by atoms with E-state index in [1.165, 1.54) is 30.5 Å². The SMILES string of the molecule is Cc1ncccc1C(=O)Nc1ccc(-c2cc(C(F)(F)F)ccc2C(F)(F)F)cc1. The Balaban J connectivity index is 1.94. The maximum Gasteiger partial charge on any atom is 0.417 e. The average molecular weight is 424 g/mol. The highest BCUT2D eigenvalue weighted by molar-refractivity contribution is 6.05. The first-order valence-corrected chi connectivity index (χ1v) is 8.58. The fraction of sp³-hybridized carbons (Fsp3) is 0.143. The van der Waals surface area contributed by atoms with Crippen molar-refractivity contribution in [2.45, 2.75) is 19.3 Å². The minimum Gasteiger partial charge on any atom is -0.322 e. The van der Waals surface area contributed by atoms with Crippen molar-refractivity contribution in [1.29, 1.82) is 0 Å². The van der Waals surface area contributed by atoms with Gasteiger partial charge < -0.3 is 5.32 Å². The molecule has 0 radical (unpaired) electrons. The molecule has 1 N–H and O–H groups in total. The van der Waals surface area contributed by atoms with Gasteiger partial charge in [-0.2, -0.15) is 26.3 Å². The number of nitrogens with zero attached hydrogens (tertiary/aromatic N) is 1. The van der Waals surface area contributed by atoms with E-state index >= 15 is 0 Å². The molecule has 0 spiro atoms. The van der Waals surface area contributed by atoms with Gasteiger partial charge in [0.15, 0.2) is 0 Å². The van der Waals surface area contributed by atoms with Crippen molar-refractivity contribution in [3.63, 3.8) is 0 Å². The lowest BCUT2D eigenvalue weighted by molar-refractivity contribution is -0.141. The molecule has 1 heterocycles. The lowest BCUT2D eigenvalue weighted by Gasteiger charge is -2.16. The van der Waals surface area contributed by atoms with E-state index in [2.05, 4.69) is 10.3 Å². The molecule has 0 aliphatic heterocycles. The number of aryl methyl sites for hydroxylation is 1. The summed E-state index contributed by atoms with van der Waals surface area (Å²) in [6.07, 6.45) is -8.09. The molecule has 2 aromatic carbocycles. The Hall–Kier alpha value is -3.36. The summed E-state index contributed by atoms with van der Waals surface area (Å²) in [6.45, 7) is 1.64. The molecule has 0 aliphatic carbocycles. The predicted molar refractivity (Wildman–Crippen MR) is 98.8 cm³/mol. The van der Waals surface area contributed by atoms with E-state index in [1.54, 1.807) is 19.1 Å². The van der Waals surface area contributed by atoms with E-state index < -0.39 is 35.0 Å². The maximum atomic E-state index is 13.3. The summed E-state index contributed by atoms with van der Waals surface area (Å²) in [5.74, 6) is -0.469. The van der Waals surface area contributed by atoms with Crippen LogP contribution in [-0.4, -0.2) is 10.9 Å². The summed E-state index contributed by atoms with van der Waals surface area (Å²) in [4.78, 5) is 16.3. The summed E-state index contributed by atoms with van der Waals surface area (Å²) >= 11 is 0. The van der Waals surface area contributed by atoms with Crippen LogP contribution < -0.4 is 5.32 Å². The van der Waals surface area contributed by atoms with Crippen LogP contribution in [0.15, 0.2) is 60.8 Å². The topological polar surface area (TPSA) is 42.0 Å². The molecule has 0 fully saturated rings. The number of halogens is 6. The smallest absolute Gasteiger partial charge is 0.322 e. The molecular weight excluding hydrogens is 410 g/mol. The molecule has 3 aromatic rings. The zero-order valence-corrected chi connectivity index (χ0v) is 15.4. The highest BCUT2D eigenvalue weighted by atomic mass is 19.4. The Bertz CT molecular complexity index is 1070. The Morgan fingerprint density at radius 3 is 2.13 bits per heavy atom. The van der Waals surface area contributed by atoms with Gasteiger partial charge in [-0.15, -0.1) is 0 Å². The molecule has 1 amide bonds. The fourth-order valence-electron chi connectivity index (χ4n) is 2.86. The fourth-order valence-corrected chi connectivity index (χ4v) is 2.86. The number of aromatic nitrogens is 1. The number of rotatable bonds is 3. The first kappa shape index (κ1) is 21.4. The third-order valence-corrected chi connectivity index (χ3v) is 4.36. The Labute approximate surface area is 167 Å². The van der Waals surface area contributed by atoms with E-state index in [-0.39, 0.29) is 11.3 Å². The van der Waals surface area contributed by atoms with Crippen LogP contribution in [0, 0.1) is 6.92 Å². The van der Waals surface area contributed by atoms with Gasteiger partial charge in [-0.1, -0.05) is 12.1 Å². The van der Waals surface area contributed by atoms with E-state index in [0.29, 0.717) is 29.5 Å². The molecule has 3 rings (SSSR count). The molecule has 156 valence electrons. The number of alkyl halides is 6. The third kappa shape index (κ3) is 4.61. The Morgan fingerprint density at radius 2 is 1.57 bits per heavy atom. The summed E-state index contributed by atoms with van der Waals surface area (Å²) in [5.41, 5.74) is -1.95. The van der Waals surface area contributed by atoms with Gasteiger partial charge in [-0.05, 0) is 60.5 Å². The van der Waals surface area contributed by atoms with E-state index in [4.69, 9.17) is 0 Å². The summed E-state index contributed by atoms with van der Waals surface area (Å²) in [6, 6.07) is 9.50. The minimum atomic E-state index is -4.83. The van der Waals surface area contributed by atoms with Crippen LogP contribution in [0.3, 0.4) is 0 Å². The minimum absolute atomic E-state index is 0.0658. The molecule has 30 heavy (non-hydrogen) atoms. The molecule has 0 saturated carbocycles. The normalized spacial score (nSPS) is 12.0. The number of carbonyl (C=O) groups excluding carboxylic acids is 1. The second kappa shape index (κ2) is 7.81. The van der Waals surface area contributed by atoms with Crippen molar-refractivity contribution >= 4 is 11.6 Å². The first-order chi connectivity index (χ1) is 14.0. The van der Waals surface area contributed by atoms with Crippen molar-refractivity contribution in [3.8, 4) is 11.1 Å². The van der Waals surface area contributed by atoms with E-state index in [0.717, 1.165) is 0 Å². The molecule has 0 unspecified atom stereocenters. The second-order valence-corrected chi connectivity index (χ2v) is 6.42. The van der Waals surface area contributed by atoms with Gasteiger partial charge >= 0.3 is 12.4 Å². The van der Waals surface area contributed by atoms with Crippen molar-refractivity contribution < 1.29 is 31.1 Å². The van der Waals surface area contributed by atoms with Crippen LogP contribution in [0.25, 0.3) is 11.1 Å². The molecule has 3 nitrogen and oxygen atoms in total. The number of hydrogen-bond donors (Lipinski definition) is 1. The highest BCUT2D eigenvalue weighted by Crippen LogP contribution is 2.40. The molecule has 0 saturated heterocycles. The molecule has 0 atom stereocenters. The van der Waals surface area contributed by atoms with Crippen LogP contribution in [0.1, 0.15) is 27.2 Å². The van der Waals surface area contributed by atoms with Crippen molar-refractivity contribution in [3.05, 3.63) is 83.2 Å². The lowest BCUT2D eigenvalue weighted by Crippen LogP contribution is -2.14. The van der Waals surface area contributed by atoms with Gasteiger partial charge in [-0.3, -0.25) is 9.78 Å². The third-order valence-electron chi connectivity index (χ3n) is 4.36. The molecule has 0 aliphatic rings. The van der Waals surface area contributed by atoms with Crippen molar-refractivity contribution in [2.24, 2.45) is 0 Å².